The van der Waals surface area contributed by atoms with Crippen molar-refractivity contribution in [3.8, 4) is 5.75 Å². The molecule has 3 amide bonds. The number of carbonyl (C=O) groups excluding carboxylic acids is 4. The van der Waals surface area contributed by atoms with E-state index in [-0.39, 0.29) is 54.4 Å². The molecule has 1 saturated carbocycles. The molecule has 2 heterocycles. The van der Waals surface area contributed by atoms with Crippen molar-refractivity contribution in [2.24, 2.45) is 29.6 Å². The first-order valence-corrected chi connectivity index (χ1v) is 13.6. The van der Waals surface area contributed by atoms with E-state index in [1.807, 2.05) is 25.1 Å². The second kappa shape index (κ2) is 9.22. The number of anilines is 2. The van der Waals surface area contributed by atoms with E-state index < -0.39 is 11.9 Å². The first-order chi connectivity index (χ1) is 18.3. The third kappa shape index (κ3) is 3.70. The van der Waals surface area contributed by atoms with E-state index in [0.717, 1.165) is 36.1 Å². The van der Waals surface area contributed by atoms with Gasteiger partial charge in [0.05, 0.1) is 23.4 Å². The molecule has 196 valence electrons. The minimum atomic E-state index is -0.568. The zero-order chi connectivity index (χ0) is 26.7. The molecule has 7 heteroatoms. The number of hydrogen-bond donors (Lipinski definition) is 0. The Labute approximate surface area is 222 Å². The van der Waals surface area contributed by atoms with Crippen molar-refractivity contribution in [2.75, 3.05) is 16.3 Å². The van der Waals surface area contributed by atoms with Crippen molar-refractivity contribution in [1.29, 1.82) is 0 Å². The van der Waals surface area contributed by atoms with Gasteiger partial charge in [-0.2, -0.15) is 0 Å². The number of ether oxygens (including phenoxy) is 1. The maximum atomic E-state index is 13.2. The molecule has 0 unspecified atom stereocenters. The molecule has 4 aliphatic rings. The van der Waals surface area contributed by atoms with Crippen LogP contribution in [0.4, 0.5) is 11.4 Å². The van der Waals surface area contributed by atoms with E-state index in [0.29, 0.717) is 17.0 Å². The van der Waals surface area contributed by atoms with Gasteiger partial charge in [-0.15, -0.1) is 0 Å². The number of esters is 1. The van der Waals surface area contributed by atoms with E-state index in [4.69, 9.17) is 4.74 Å². The standard InChI is InChI=1S/C31H32N2O5/c1-4-18-7-6-8-19(5-2)28(18)32-16-22(15-25(32)34)31(37)38-23-11-12-24(17(3)13-23)33-29(35)26-20-9-10-21(14-20)27(26)30(33)36/h6-13,20-22,26-27H,4-5,14-16H2,1-3H3/t20-,21-,22+,26-,27+/m0/s1. The summed E-state index contributed by atoms with van der Waals surface area (Å²) in [5, 5.41) is 0. The molecule has 2 aliphatic heterocycles. The number of para-hydroxylation sites is 1. The molecule has 6 rings (SSSR count). The average molecular weight is 513 g/mol. The zero-order valence-corrected chi connectivity index (χ0v) is 22.0. The lowest BCUT2D eigenvalue weighted by Crippen LogP contribution is -2.33. The molecule has 2 aliphatic carbocycles. The second-order valence-corrected chi connectivity index (χ2v) is 10.9. The highest BCUT2D eigenvalue weighted by molar-refractivity contribution is 6.23. The number of amides is 3. The number of allylic oxidation sites excluding steroid dienone is 2. The lowest BCUT2D eigenvalue weighted by molar-refractivity contribution is -0.139. The fourth-order valence-electron chi connectivity index (χ4n) is 6.92. The molecule has 5 atom stereocenters. The van der Waals surface area contributed by atoms with Crippen molar-refractivity contribution in [2.45, 2.75) is 46.5 Å². The number of nitrogens with zero attached hydrogens (tertiary/aromatic N) is 2. The van der Waals surface area contributed by atoms with Gasteiger partial charge in [0.2, 0.25) is 17.7 Å². The molecule has 2 saturated heterocycles. The van der Waals surface area contributed by atoms with Crippen LogP contribution in [0.25, 0.3) is 0 Å². The average Bonchev–Trinajstić information content (AvgIpc) is 3.68. The summed E-state index contributed by atoms with van der Waals surface area (Å²) in [6, 6.07) is 11.1. The van der Waals surface area contributed by atoms with Crippen LogP contribution >= 0.6 is 0 Å². The molecule has 2 aromatic rings. The van der Waals surface area contributed by atoms with Crippen LogP contribution in [0.5, 0.6) is 5.75 Å². The molecule has 0 spiro atoms. The topological polar surface area (TPSA) is 84.0 Å². The molecule has 0 aromatic heterocycles. The predicted octanol–water partition coefficient (Wildman–Crippen LogP) is 4.39. The number of rotatable bonds is 6. The molecular weight excluding hydrogens is 480 g/mol. The summed E-state index contributed by atoms with van der Waals surface area (Å²) >= 11 is 0. The van der Waals surface area contributed by atoms with Crippen molar-refractivity contribution < 1.29 is 23.9 Å². The largest absolute Gasteiger partial charge is 0.426 e. The van der Waals surface area contributed by atoms with Gasteiger partial charge in [-0.1, -0.05) is 44.2 Å². The Bertz CT molecular complexity index is 1340. The predicted molar refractivity (Wildman–Crippen MR) is 143 cm³/mol. The molecule has 38 heavy (non-hydrogen) atoms. The van der Waals surface area contributed by atoms with E-state index in [9.17, 15) is 19.2 Å². The highest BCUT2D eigenvalue weighted by Gasteiger charge is 2.59. The van der Waals surface area contributed by atoms with Gasteiger partial charge in [0, 0.05) is 18.7 Å². The minimum absolute atomic E-state index is 0.0749. The molecule has 0 radical (unpaired) electrons. The van der Waals surface area contributed by atoms with Gasteiger partial charge in [0.25, 0.3) is 0 Å². The first kappa shape index (κ1) is 24.6. The Morgan fingerprint density at radius 3 is 2.16 bits per heavy atom. The fourth-order valence-corrected chi connectivity index (χ4v) is 6.92. The van der Waals surface area contributed by atoms with Crippen LogP contribution in [-0.2, 0) is 32.0 Å². The van der Waals surface area contributed by atoms with E-state index in [1.165, 1.54) is 4.90 Å². The lowest BCUT2D eigenvalue weighted by atomic mass is 9.85. The highest BCUT2D eigenvalue weighted by atomic mass is 16.5. The van der Waals surface area contributed by atoms with Crippen molar-refractivity contribution in [3.05, 3.63) is 65.2 Å². The third-order valence-corrected chi connectivity index (χ3v) is 8.79. The van der Waals surface area contributed by atoms with Crippen LogP contribution in [0.15, 0.2) is 48.6 Å². The van der Waals surface area contributed by atoms with Gasteiger partial charge < -0.3 is 9.64 Å². The highest BCUT2D eigenvalue weighted by Crippen LogP contribution is 2.53. The molecule has 0 N–H and O–H groups in total. The van der Waals surface area contributed by atoms with Crippen LogP contribution in [-0.4, -0.2) is 30.2 Å². The normalized spacial score (nSPS) is 27.6. The molecule has 3 fully saturated rings. The summed E-state index contributed by atoms with van der Waals surface area (Å²) < 4.78 is 5.70. The number of fused-ring (bicyclic) bond motifs is 5. The summed E-state index contributed by atoms with van der Waals surface area (Å²) in [6.45, 7) is 6.22. The van der Waals surface area contributed by atoms with Crippen molar-refractivity contribution >= 4 is 35.1 Å². The van der Waals surface area contributed by atoms with Crippen molar-refractivity contribution in [3.63, 3.8) is 0 Å². The van der Waals surface area contributed by atoms with Gasteiger partial charge in [0.15, 0.2) is 0 Å². The van der Waals surface area contributed by atoms with E-state index >= 15 is 0 Å². The van der Waals surface area contributed by atoms with Crippen LogP contribution in [0.3, 0.4) is 0 Å². The SMILES string of the molecule is CCc1cccc(CC)c1N1C[C@H](C(=O)Oc2ccc(N3C(=O)[C@@H]4[C@H](C3=O)[C@H]3C=C[C@H]4C3)c(C)c2)CC1=O. The smallest absolute Gasteiger partial charge is 0.316 e. The van der Waals surface area contributed by atoms with Gasteiger partial charge >= 0.3 is 5.97 Å². The number of aryl methyl sites for hydroxylation is 3. The van der Waals surface area contributed by atoms with Crippen LogP contribution in [0.2, 0.25) is 0 Å². The zero-order valence-electron chi connectivity index (χ0n) is 22.0. The van der Waals surface area contributed by atoms with Crippen molar-refractivity contribution in [1.82, 2.24) is 0 Å². The molecule has 7 nitrogen and oxygen atoms in total. The van der Waals surface area contributed by atoms with Crippen LogP contribution < -0.4 is 14.5 Å². The number of imide groups is 1. The van der Waals surface area contributed by atoms with Crippen LogP contribution in [0, 0.1) is 36.5 Å². The monoisotopic (exact) mass is 512 g/mol. The summed E-state index contributed by atoms with van der Waals surface area (Å²) in [5.41, 5.74) is 4.34. The Balaban J connectivity index is 1.17. The maximum Gasteiger partial charge on any atom is 0.316 e. The molecular formula is C31H32N2O5. The quantitative estimate of drug-likeness (QED) is 0.248. The summed E-state index contributed by atoms with van der Waals surface area (Å²) in [4.78, 5) is 55.5. The summed E-state index contributed by atoms with van der Waals surface area (Å²) in [6.07, 6.45) is 6.75. The Kier molecular flexibility index (Phi) is 5.97. The van der Waals surface area contributed by atoms with Gasteiger partial charge in [-0.3, -0.25) is 19.2 Å². The number of hydrogen-bond acceptors (Lipinski definition) is 5. The second-order valence-electron chi connectivity index (χ2n) is 10.9. The van der Waals surface area contributed by atoms with Gasteiger partial charge in [0.1, 0.15) is 5.75 Å². The third-order valence-electron chi connectivity index (χ3n) is 8.79. The summed E-state index contributed by atoms with van der Waals surface area (Å²) in [7, 11) is 0. The summed E-state index contributed by atoms with van der Waals surface area (Å²) in [5.74, 6) is -1.24. The Hall–Kier alpha value is -3.74. The number of carbonyl (C=O) groups is 4. The lowest BCUT2D eigenvalue weighted by Gasteiger charge is -2.23. The minimum Gasteiger partial charge on any atom is -0.426 e. The fraction of sp³-hybridized carbons (Fsp3) is 0.419. The maximum absolute atomic E-state index is 13.2. The van der Waals surface area contributed by atoms with Crippen LogP contribution in [0.1, 0.15) is 43.4 Å². The molecule has 2 aromatic carbocycles. The molecule has 2 bridgehead atoms. The van der Waals surface area contributed by atoms with Gasteiger partial charge in [-0.25, -0.2) is 4.90 Å². The Morgan fingerprint density at radius 1 is 0.947 bits per heavy atom. The first-order valence-electron chi connectivity index (χ1n) is 13.6. The van der Waals surface area contributed by atoms with Gasteiger partial charge in [-0.05, 0) is 72.9 Å². The Morgan fingerprint density at radius 2 is 1.58 bits per heavy atom. The number of benzene rings is 2. The van der Waals surface area contributed by atoms with E-state index in [1.54, 1.807) is 23.1 Å². The van der Waals surface area contributed by atoms with E-state index in [2.05, 4.69) is 26.0 Å².